The van der Waals surface area contributed by atoms with Crippen LogP contribution in [0.15, 0.2) is 54.6 Å². The van der Waals surface area contributed by atoms with E-state index in [0.29, 0.717) is 18.7 Å². The van der Waals surface area contributed by atoms with Crippen molar-refractivity contribution in [2.75, 3.05) is 27.3 Å². The lowest BCUT2D eigenvalue weighted by molar-refractivity contribution is -0.128. The SMILES string of the molecule is CNC(=O)c1ccc(/C=C/C(=O)N(Cc2cccc(OC)c2)CC2CCCO2)cc1. The van der Waals surface area contributed by atoms with Gasteiger partial charge in [0.25, 0.3) is 5.91 Å². The van der Waals surface area contributed by atoms with Gasteiger partial charge < -0.3 is 19.7 Å². The number of benzene rings is 2. The number of amides is 2. The molecule has 0 spiro atoms. The summed E-state index contributed by atoms with van der Waals surface area (Å²) in [4.78, 5) is 26.4. The lowest BCUT2D eigenvalue weighted by Gasteiger charge is -2.24. The van der Waals surface area contributed by atoms with Crippen LogP contribution >= 0.6 is 0 Å². The van der Waals surface area contributed by atoms with Gasteiger partial charge in [0, 0.05) is 38.4 Å². The van der Waals surface area contributed by atoms with E-state index in [4.69, 9.17) is 9.47 Å². The molecule has 3 rings (SSSR count). The molecule has 1 atom stereocenters. The maximum Gasteiger partial charge on any atom is 0.251 e. The number of hydrogen-bond donors (Lipinski definition) is 1. The van der Waals surface area contributed by atoms with Crippen molar-refractivity contribution in [2.45, 2.75) is 25.5 Å². The Labute approximate surface area is 177 Å². The molecule has 2 aromatic carbocycles. The van der Waals surface area contributed by atoms with Crippen LogP contribution < -0.4 is 10.1 Å². The molecule has 0 aromatic heterocycles. The second-order valence-corrected chi connectivity index (χ2v) is 7.24. The first kappa shape index (κ1) is 21.6. The predicted molar refractivity (Wildman–Crippen MR) is 116 cm³/mol. The number of ether oxygens (including phenoxy) is 2. The summed E-state index contributed by atoms with van der Waals surface area (Å²) >= 11 is 0. The molecule has 1 fully saturated rings. The van der Waals surface area contributed by atoms with Crippen molar-refractivity contribution in [2.24, 2.45) is 0 Å². The van der Waals surface area contributed by atoms with Crippen molar-refractivity contribution in [3.8, 4) is 5.75 Å². The largest absolute Gasteiger partial charge is 0.497 e. The number of nitrogens with zero attached hydrogens (tertiary/aromatic N) is 1. The van der Waals surface area contributed by atoms with Crippen molar-refractivity contribution in [3.05, 3.63) is 71.3 Å². The Balaban J connectivity index is 1.71. The van der Waals surface area contributed by atoms with Crippen LogP contribution in [0.2, 0.25) is 0 Å². The minimum atomic E-state index is -0.136. The second kappa shape index (κ2) is 10.6. The van der Waals surface area contributed by atoms with Crippen LogP contribution in [-0.4, -0.2) is 50.1 Å². The van der Waals surface area contributed by atoms with Gasteiger partial charge in [-0.3, -0.25) is 9.59 Å². The predicted octanol–water partition coefficient (Wildman–Crippen LogP) is 3.28. The highest BCUT2D eigenvalue weighted by Crippen LogP contribution is 2.18. The Morgan fingerprint density at radius 3 is 2.70 bits per heavy atom. The highest BCUT2D eigenvalue weighted by Gasteiger charge is 2.22. The van der Waals surface area contributed by atoms with Crippen LogP contribution in [0.5, 0.6) is 5.75 Å². The first-order valence-electron chi connectivity index (χ1n) is 10.1. The number of carbonyl (C=O) groups excluding carboxylic acids is 2. The standard InChI is InChI=1S/C24H28N2O4/c1-25-24(28)20-11-8-18(9-12-20)10-13-23(27)26(17-22-7-4-14-30-22)16-19-5-3-6-21(15-19)29-2/h3,5-6,8-13,15,22H,4,7,14,16-17H2,1-2H3,(H,25,28)/b13-10+. The molecule has 30 heavy (non-hydrogen) atoms. The molecule has 1 N–H and O–H groups in total. The molecule has 1 unspecified atom stereocenters. The summed E-state index contributed by atoms with van der Waals surface area (Å²) in [5.74, 6) is 0.551. The second-order valence-electron chi connectivity index (χ2n) is 7.24. The zero-order chi connectivity index (χ0) is 21.3. The van der Waals surface area contributed by atoms with E-state index < -0.39 is 0 Å². The first-order chi connectivity index (χ1) is 14.6. The van der Waals surface area contributed by atoms with Gasteiger partial charge in [0.2, 0.25) is 5.91 Å². The Morgan fingerprint density at radius 1 is 1.23 bits per heavy atom. The van der Waals surface area contributed by atoms with Gasteiger partial charge in [0.05, 0.1) is 13.2 Å². The molecule has 1 aliphatic heterocycles. The molecule has 6 heteroatoms. The van der Waals surface area contributed by atoms with Crippen molar-refractivity contribution in [1.82, 2.24) is 10.2 Å². The maximum absolute atomic E-state index is 13.0. The third-order valence-electron chi connectivity index (χ3n) is 5.09. The van der Waals surface area contributed by atoms with Crippen molar-refractivity contribution < 1.29 is 19.1 Å². The highest BCUT2D eigenvalue weighted by molar-refractivity contribution is 5.94. The van der Waals surface area contributed by atoms with Crippen LogP contribution in [0.1, 0.15) is 34.3 Å². The number of nitrogens with one attached hydrogen (secondary N) is 1. The first-order valence-corrected chi connectivity index (χ1v) is 10.1. The Bertz CT molecular complexity index is 886. The van der Waals surface area contributed by atoms with Gasteiger partial charge in [-0.25, -0.2) is 0 Å². The highest BCUT2D eigenvalue weighted by atomic mass is 16.5. The molecular weight excluding hydrogens is 380 g/mol. The van der Waals surface area contributed by atoms with Crippen LogP contribution in [0.3, 0.4) is 0 Å². The molecule has 1 saturated heterocycles. The van der Waals surface area contributed by atoms with Gasteiger partial charge in [-0.2, -0.15) is 0 Å². The van der Waals surface area contributed by atoms with Gasteiger partial charge in [-0.15, -0.1) is 0 Å². The Hall–Kier alpha value is -3.12. The number of hydrogen-bond acceptors (Lipinski definition) is 4. The van der Waals surface area contributed by atoms with Gasteiger partial charge in [-0.1, -0.05) is 24.3 Å². The van der Waals surface area contributed by atoms with E-state index in [2.05, 4.69) is 5.32 Å². The summed E-state index contributed by atoms with van der Waals surface area (Å²) in [6, 6.07) is 14.9. The van der Waals surface area contributed by atoms with Crippen molar-refractivity contribution in [3.63, 3.8) is 0 Å². The zero-order valence-corrected chi connectivity index (χ0v) is 17.5. The van der Waals surface area contributed by atoms with E-state index in [1.54, 1.807) is 43.3 Å². The molecule has 2 amide bonds. The molecule has 0 saturated carbocycles. The number of methoxy groups -OCH3 is 1. The number of rotatable bonds is 8. The monoisotopic (exact) mass is 408 g/mol. The lowest BCUT2D eigenvalue weighted by Crippen LogP contribution is -2.35. The summed E-state index contributed by atoms with van der Waals surface area (Å²) in [6.07, 6.45) is 5.40. The summed E-state index contributed by atoms with van der Waals surface area (Å²) in [5.41, 5.74) is 2.44. The fourth-order valence-corrected chi connectivity index (χ4v) is 3.42. The van der Waals surface area contributed by atoms with Crippen LogP contribution in [-0.2, 0) is 16.1 Å². The van der Waals surface area contributed by atoms with E-state index in [1.807, 2.05) is 36.4 Å². The summed E-state index contributed by atoms with van der Waals surface area (Å²) < 4.78 is 11.0. The average molecular weight is 408 g/mol. The topological polar surface area (TPSA) is 67.9 Å². The maximum atomic E-state index is 13.0. The Kier molecular flexibility index (Phi) is 7.63. The molecule has 0 aliphatic carbocycles. The van der Waals surface area contributed by atoms with Gasteiger partial charge >= 0.3 is 0 Å². The van der Waals surface area contributed by atoms with Crippen LogP contribution in [0.25, 0.3) is 6.08 Å². The van der Waals surface area contributed by atoms with Gasteiger partial charge in [-0.05, 0) is 54.3 Å². The van der Waals surface area contributed by atoms with E-state index in [0.717, 1.165) is 36.3 Å². The third kappa shape index (κ3) is 5.94. The molecule has 158 valence electrons. The normalized spacial score (nSPS) is 15.9. The van der Waals surface area contributed by atoms with E-state index >= 15 is 0 Å². The summed E-state index contributed by atoms with van der Waals surface area (Å²) in [7, 11) is 3.23. The Morgan fingerprint density at radius 2 is 2.03 bits per heavy atom. The molecule has 1 aliphatic rings. The summed E-state index contributed by atoms with van der Waals surface area (Å²) in [5, 5.41) is 2.59. The van der Waals surface area contributed by atoms with E-state index in [9.17, 15) is 9.59 Å². The molecular formula is C24H28N2O4. The van der Waals surface area contributed by atoms with Crippen molar-refractivity contribution >= 4 is 17.9 Å². The van der Waals surface area contributed by atoms with Gasteiger partial charge in [0.1, 0.15) is 5.75 Å². The quantitative estimate of drug-likeness (QED) is 0.681. The van der Waals surface area contributed by atoms with Gasteiger partial charge in [0.15, 0.2) is 0 Å². The van der Waals surface area contributed by atoms with Crippen LogP contribution in [0, 0.1) is 0 Å². The smallest absolute Gasteiger partial charge is 0.251 e. The van der Waals surface area contributed by atoms with Crippen LogP contribution in [0.4, 0.5) is 0 Å². The molecule has 2 aromatic rings. The van der Waals surface area contributed by atoms with E-state index in [1.165, 1.54) is 0 Å². The molecule has 0 radical (unpaired) electrons. The fraction of sp³-hybridized carbons (Fsp3) is 0.333. The average Bonchev–Trinajstić information content (AvgIpc) is 3.30. The lowest BCUT2D eigenvalue weighted by atomic mass is 10.1. The molecule has 6 nitrogen and oxygen atoms in total. The minimum absolute atomic E-state index is 0.0693. The van der Waals surface area contributed by atoms with Crippen molar-refractivity contribution in [1.29, 1.82) is 0 Å². The number of carbonyl (C=O) groups is 2. The zero-order valence-electron chi connectivity index (χ0n) is 17.5. The summed E-state index contributed by atoms with van der Waals surface area (Å²) in [6.45, 7) is 1.78. The molecule has 1 heterocycles. The minimum Gasteiger partial charge on any atom is -0.497 e. The third-order valence-corrected chi connectivity index (χ3v) is 5.09. The fourth-order valence-electron chi connectivity index (χ4n) is 3.42. The van der Waals surface area contributed by atoms with E-state index in [-0.39, 0.29) is 17.9 Å². The molecule has 0 bridgehead atoms.